The van der Waals surface area contributed by atoms with Crippen LogP contribution < -0.4 is 10.6 Å². The Labute approximate surface area is 195 Å². The van der Waals surface area contributed by atoms with E-state index in [-0.39, 0.29) is 24.8 Å². The highest BCUT2D eigenvalue weighted by Crippen LogP contribution is 2.44. The van der Waals surface area contributed by atoms with E-state index in [1.54, 1.807) is 0 Å². The van der Waals surface area contributed by atoms with E-state index in [4.69, 9.17) is 14.6 Å². The maximum absolute atomic E-state index is 12.4. The number of carboxylic acids is 1. The first-order valence-corrected chi connectivity index (χ1v) is 10.6. The van der Waals surface area contributed by atoms with Crippen molar-refractivity contribution >= 4 is 23.7 Å². The number of rotatable bonds is 8. The van der Waals surface area contributed by atoms with Crippen LogP contribution in [-0.2, 0) is 14.3 Å². The molecule has 3 aromatic rings. The van der Waals surface area contributed by atoms with Crippen molar-refractivity contribution in [3.63, 3.8) is 0 Å². The molecule has 1 aliphatic carbocycles. The minimum absolute atomic E-state index is 0.000407. The van der Waals surface area contributed by atoms with Gasteiger partial charge in [0.15, 0.2) is 6.04 Å². The number of carbonyl (C=O) groups is 3. The molecule has 174 valence electrons. The van der Waals surface area contributed by atoms with Crippen LogP contribution >= 0.6 is 0 Å². The summed E-state index contributed by atoms with van der Waals surface area (Å²) in [5.41, 5.74) is 4.84. The highest BCUT2D eigenvalue weighted by Gasteiger charge is 2.29. The Morgan fingerprint density at radius 3 is 2.21 bits per heavy atom. The van der Waals surface area contributed by atoms with Crippen LogP contribution in [0.25, 0.3) is 11.1 Å². The lowest BCUT2D eigenvalue weighted by atomic mass is 9.98. The van der Waals surface area contributed by atoms with Crippen molar-refractivity contribution in [1.29, 1.82) is 0 Å². The summed E-state index contributed by atoms with van der Waals surface area (Å²) < 4.78 is 10.3. The maximum atomic E-state index is 12.4. The number of aromatic nitrogens is 1. The summed E-state index contributed by atoms with van der Waals surface area (Å²) in [4.78, 5) is 39.7. The number of hydrogen-bond donors (Lipinski definition) is 3. The number of benzene rings is 2. The third-order valence-corrected chi connectivity index (χ3v) is 5.52. The van der Waals surface area contributed by atoms with E-state index in [0.717, 1.165) is 22.3 Å². The Kier molecular flexibility index (Phi) is 6.84. The molecule has 0 aliphatic heterocycles. The van der Waals surface area contributed by atoms with Crippen molar-refractivity contribution in [3.8, 4) is 11.1 Å². The van der Waals surface area contributed by atoms with Gasteiger partial charge in [0.1, 0.15) is 12.3 Å². The fraction of sp³-hybridized carbons (Fsp3) is 0.200. The number of amides is 2. The summed E-state index contributed by atoms with van der Waals surface area (Å²) in [6, 6.07) is 17.8. The molecular weight excluding hydrogens is 438 g/mol. The van der Waals surface area contributed by atoms with Crippen LogP contribution in [0.2, 0.25) is 0 Å². The van der Waals surface area contributed by atoms with Gasteiger partial charge in [-0.2, -0.15) is 0 Å². The topological polar surface area (TPSA) is 127 Å². The van der Waals surface area contributed by atoms with Crippen molar-refractivity contribution in [2.75, 3.05) is 25.6 Å². The van der Waals surface area contributed by atoms with Gasteiger partial charge >= 0.3 is 12.1 Å². The molecule has 0 unspecified atom stereocenters. The van der Waals surface area contributed by atoms with E-state index in [1.165, 1.54) is 25.4 Å². The summed E-state index contributed by atoms with van der Waals surface area (Å²) in [5.74, 6) is -1.95. The Bertz CT molecular complexity index is 1170. The third-order valence-electron chi connectivity index (χ3n) is 5.52. The van der Waals surface area contributed by atoms with Gasteiger partial charge in [-0.15, -0.1) is 0 Å². The Hall–Kier alpha value is -4.24. The Morgan fingerprint density at radius 1 is 1.00 bits per heavy atom. The molecule has 0 spiro atoms. The fourth-order valence-corrected chi connectivity index (χ4v) is 3.93. The van der Waals surface area contributed by atoms with Crippen LogP contribution in [0.1, 0.15) is 27.5 Å². The Balaban J connectivity index is 1.35. The van der Waals surface area contributed by atoms with Crippen molar-refractivity contribution in [2.45, 2.75) is 12.0 Å². The highest BCUT2D eigenvalue weighted by atomic mass is 16.5. The summed E-state index contributed by atoms with van der Waals surface area (Å²) in [7, 11) is 1.34. The average Bonchev–Trinajstić information content (AvgIpc) is 3.16. The zero-order valence-corrected chi connectivity index (χ0v) is 18.4. The molecular formula is C25H23N3O6. The fourth-order valence-electron chi connectivity index (χ4n) is 3.93. The average molecular weight is 461 g/mol. The summed E-state index contributed by atoms with van der Waals surface area (Å²) in [6.45, 7) is -0.00759. The lowest BCUT2D eigenvalue weighted by Crippen LogP contribution is -2.44. The van der Waals surface area contributed by atoms with E-state index in [1.807, 2.05) is 36.4 Å². The van der Waals surface area contributed by atoms with Crippen LogP contribution in [-0.4, -0.2) is 54.4 Å². The molecule has 9 nitrogen and oxygen atoms in total. The van der Waals surface area contributed by atoms with Gasteiger partial charge in [0.05, 0.1) is 18.5 Å². The van der Waals surface area contributed by atoms with E-state index in [9.17, 15) is 14.4 Å². The van der Waals surface area contributed by atoms with Gasteiger partial charge in [-0.25, -0.2) is 14.6 Å². The van der Waals surface area contributed by atoms with Crippen LogP contribution in [0.5, 0.6) is 0 Å². The number of aliphatic carboxylic acids is 1. The van der Waals surface area contributed by atoms with Gasteiger partial charge in [-0.1, -0.05) is 48.5 Å². The van der Waals surface area contributed by atoms with E-state index in [0.29, 0.717) is 5.69 Å². The van der Waals surface area contributed by atoms with Gasteiger partial charge in [-0.3, -0.25) is 10.1 Å². The third kappa shape index (κ3) is 4.89. The summed E-state index contributed by atoms with van der Waals surface area (Å²) in [5, 5.41) is 14.0. The number of hydrogen-bond acceptors (Lipinski definition) is 6. The quantitative estimate of drug-likeness (QED) is 0.470. The first-order chi connectivity index (χ1) is 16.5. The maximum Gasteiger partial charge on any atom is 0.411 e. The molecule has 1 heterocycles. The highest BCUT2D eigenvalue weighted by molar-refractivity contribution is 5.95. The van der Waals surface area contributed by atoms with Gasteiger partial charge in [0.2, 0.25) is 0 Å². The zero-order chi connectivity index (χ0) is 24.1. The minimum Gasteiger partial charge on any atom is -0.480 e. The van der Waals surface area contributed by atoms with Crippen molar-refractivity contribution in [1.82, 2.24) is 10.3 Å². The number of carboxylic acid groups (broad SMARTS) is 1. The van der Waals surface area contributed by atoms with Crippen LogP contribution in [0.3, 0.4) is 0 Å². The molecule has 2 amide bonds. The number of nitrogens with one attached hydrogen (secondary N) is 2. The lowest BCUT2D eigenvalue weighted by molar-refractivity contribution is -0.140. The molecule has 0 radical (unpaired) electrons. The van der Waals surface area contributed by atoms with Crippen LogP contribution in [0.4, 0.5) is 10.5 Å². The predicted octanol–water partition coefficient (Wildman–Crippen LogP) is 3.27. The monoisotopic (exact) mass is 461 g/mol. The molecule has 0 fully saturated rings. The van der Waals surface area contributed by atoms with Gasteiger partial charge in [-0.05, 0) is 34.4 Å². The Morgan fingerprint density at radius 2 is 1.65 bits per heavy atom. The lowest BCUT2D eigenvalue weighted by Gasteiger charge is -2.15. The van der Waals surface area contributed by atoms with Crippen molar-refractivity contribution < 1.29 is 29.0 Å². The molecule has 9 heteroatoms. The van der Waals surface area contributed by atoms with Gasteiger partial charge in [0.25, 0.3) is 5.91 Å². The number of fused-ring (bicyclic) bond motifs is 3. The molecule has 4 rings (SSSR count). The standard InChI is InChI=1S/C25H23N3O6/c1-33-14-22(24(30)31)28-23(29)21-11-10-15(12-26-21)27-25(32)34-13-20-18-8-4-2-6-16(18)17-7-3-5-9-19(17)20/h2-12,20,22H,13-14H2,1H3,(H,27,32)(H,28,29)(H,30,31)/t22-/m0/s1. The van der Waals surface area contributed by atoms with Crippen LogP contribution in [0, 0.1) is 0 Å². The first kappa shape index (κ1) is 22.9. The molecule has 3 N–H and O–H groups in total. The first-order valence-electron chi connectivity index (χ1n) is 10.6. The molecule has 1 aromatic heterocycles. The van der Waals surface area contributed by atoms with Crippen molar-refractivity contribution in [2.24, 2.45) is 0 Å². The van der Waals surface area contributed by atoms with E-state index < -0.39 is 24.0 Å². The summed E-state index contributed by atoms with van der Waals surface area (Å²) in [6.07, 6.45) is 0.648. The largest absolute Gasteiger partial charge is 0.480 e. The smallest absolute Gasteiger partial charge is 0.411 e. The molecule has 0 saturated heterocycles. The van der Waals surface area contributed by atoms with E-state index in [2.05, 4.69) is 27.8 Å². The molecule has 1 aliphatic rings. The summed E-state index contributed by atoms with van der Waals surface area (Å²) >= 11 is 0. The molecule has 1 atom stereocenters. The number of ether oxygens (including phenoxy) is 2. The van der Waals surface area contributed by atoms with Gasteiger partial charge < -0.3 is 19.9 Å². The number of methoxy groups -OCH3 is 1. The molecule has 0 bridgehead atoms. The predicted molar refractivity (Wildman–Crippen MR) is 124 cm³/mol. The van der Waals surface area contributed by atoms with Gasteiger partial charge in [0, 0.05) is 13.0 Å². The number of anilines is 1. The molecule has 34 heavy (non-hydrogen) atoms. The SMILES string of the molecule is COC[C@H](NC(=O)c1ccc(NC(=O)OCC2c3ccccc3-c3ccccc32)cn1)C(=O)O. The second-order valence-electron chi connectivity index (χ2n) is 7.70. The normalized spacial score (nSPS) is 12.9. The number of carbonyl (C=O) groups excluding carboxylic acids is 2. The molecule has 0 saturated carbocycles. The number of pyridine rings is 1. The van der Waals surface area contributed by atoms with E-state index >= 15 is 0 Å². The van der Waals surface area contributed by atoms with Crippen molar-refractivity contribution in [3.05, 3.63) is 83.7 Å². The minimum atomic E-state index is -1.22. The van der Waals surface area contributed by atoms with Crippen LogP contribution in [0.15, 0.2) is 66.9 Å². The second kappa shape index (κ2) is 10.1. The second-order valence-corrected chi connectivity index (χ2v) is 7.70. The zero-order valence-electron chi connectivity index (χ0n) is 18.4. The molecule has 2 aromatic carbocycles. The number of nitrogens with zero attached hydrogens (tertiary/aromatic N) is 1.